The zero-order valence-corrected chi connectivity index (χ0v) is 14.1. The van der Waals surface area contributed by atoms with E-state index >= 15 is 0 Å². The van der Waals surface area contributed by atoms with E-state index in [1.54, 1.807) is 11.6 Å². The molecule has 2 aromatic rings. The highest BCUT2D eigenvalue weighted by atomic mass is 32.2. The van der Waals surface area contributed by atoms with Crippen molar-refractivity contribution in [3.05, 3.63) is 35.7 Å². The van der Waals surface area contributed by atoms with E-state index in [4.69, 9.17) is 5.73 Å². The van der Waals surface area contributed by atoms with E-state index in [0.717, 1.165) is 0 Å². The zero-order valence-electron chi connectivity index (χ0n) is 13.3. The fourth-order valence-electron chi connectivity index (χ4n) is 1.96. The van der Waals surface area contributed by atoms with Crippen LogP contribution in [-0.4, -0.2) is 38.8 Å². The first kappa shape index (κ1) is 18.8. The molecule has 1 aromatic carbocycles. The van der Waals surface area contributed by atoms with Crippen molar-refractivity contribution in [1.82, 2.24) is 14.8 Å². The summed E-state index contributed by atoms with van der Waals surface area (Å²) in [5.41, 5.74) is 5.48. The van der Waals surface area contributed by atoms with E-state index in [0.29, 0.717) is 23.0 Å². The van der Waals surface area contributed by atoms with Crippen LogP contribution in [0.15, 0.2) is 29.4 Å². The van der Waals surface area contributed by atoms with Gasteiger partial charge >= 0.3 is 6.61 Å². The summed E-state index contributed by atoms with van der Waals surface area (Å²) in [6.45, 7) is -2.91. The molecule has 0 atom stereocenters. The lowest BCUT2D eigenvalue weighted by atomic mass is 10.1. The van der Waals surface area contributed by atoms with Crippen molar-refractivity contribution in [3.63, 3.8) is 0 Å². The van der Waals surface area contributed by atoms with Crippen LogP contribution < -0.4 is 10.5 Å². The number of hydrogen-bond donors (Lipinski definition) is 1. The van der Waals surface area contributed by atoms with Gasteiger partial charge in [0.2, 0.25) is 5.91 Å². The maximum atomic E-state index is 12.2. The van der Waals surface area contributed by atoms with Gasteiger partial charge in [-0.05, 0) is 24.3 Å². The Morgan fingerprint density at radius 2 is 1.96 bits per heavy atom. The standard InChI is InChI=1S/C15H16F2N4O3S/c1-21-13(7-6-12(18)23)19-20-15(21)25-8-11(22)9-2-4-10(5-3-9)24-14(16)17/h2-5,14H,6-8H2,1H3,(H2,18,23). The second-order valence-electron chi connectivity index (χ2n) is 5.04. The molecule has 0 bridgehead atoms. The third-order valence-corrected chi connectivity index (χ3v) is 4.27. The van der Waals surface area contributed by atoms with E-state index in [1.807, 2.05) is 0 Å². The van der Waals surface area contributed by atoms with E-state index < -0.39 is 12.5 Å². The van der Waals surface area contributed by atoms with Crippen LogP contribution >= 0.6 is 11.8 Å². The predicted octanol–water partition coefficient (Wildman–Crippen LogP) is 1.81. The molecule has 0 unspecified atom stereocenters. The topological polar surface area (TPSA) is 100 Å². The van der Waals surface area contributed by atoms with Crippen molar-refractivity contribution in [2.24, 2.45) is 12.8 Å². The van der Waals surface area contributed by atoms with Crippen molar-refractivity contribution in [2.75, 3.05) is 5.75 Å². The van der Waals surface area contributed by atoms with Gasteiger partial charge in [-0.3, -0.25) is 9.59 Å². The quantitative estimate of drug-likeness (QED) is 0.534. The maximum Gasteiger partial charge on any atom is 0.387 e. The molecule has 0 saturated heterocycles. The first-order valence-electron chi connectivity index (χ1n) is 7.24. The Hall–Kier alpha value is -2.49. The summed E-state index contributed by atoms with van der Waals surface area (Å²) >= 11 is 1.19. The molecule has 25 heavy (non-hydrogen) atoms. The second-order valence-corrected chi connectivity index (χ2v) is 5.98. The summed E-state index contributed by atoms with van der Waals surface area (Å²) in [6, 6.07) is 5.48. The fraction of sp³-hybridized carbons (Fsp3) is 0.333. The van der Waals surface area contributed by atoms with Crippen LogP contribution in [0.1, 0.15) is 22.6 Å². The van der Waals surface area contributed by atoms with Gasteiger partial charge in [-0.15, -0.1) is 10.2 Å². The smallest absolute Gasteiger partial charge is 0.387 e. The Labute approximate surface area is 146 Å². The number of amides is 1. The lowest BCUT2D eigenvalue weighted by Crippen LogP contribution is -2.13. The number of primary amides is 1. The summed E-state index contributed by atoms with van der Waals surface area (Å²) in [7, 11) is 1.74. The first-order valence-corrected chi connectivity index (χ1v) is 8.23. The van der Waals surface area contributed by atoms with E-state index in [2.05, 4.69) is 14.9 Å². The van der Waals surface area contributed by atoms with Gasteiger partial charge < -0.3 is 15.0 Å². The van der Waals surface area contributed by atoms with Crippen LogP contribution in [0.4, 0.5) is 8.78 Å². The van der Waals surface area contributed by atoms with Crippen molar-refractivity contribution >= 4 is 23.5 Å². The summed E-state index contributed by atoms with van der Waals surface area (Å²) in [5.74, 6) is 0.0902. The van der Waals surface area contributed by atoms with Gasteiger partial charge in [-0.25, -0.2) is 0 Å². The molecule has 2 N–H and O–H groups in total. The lowest BCUT2D eigenvalue weighted by Gasteiger charge is -2.05. The molecular weight excluding hydrogens is 354 g/mol. The van der Waals surface area contributed by atoms with Crippen LogP contribution in [0.3, 0.4) is 0 Å². The number of rotatable bonds is 9. The molecule has 7 nitrogen and oxygen atoms in total. The molecule has 0 aliphatic heterocycles. The molecular formula is C15H16F2N4O3S. The number of ketones is 1. The Balaban J connectivity index is 1.92. The van der Waals surface area contributed by atoms with Crippen LogP contribution in [0.25, 0.3) is 0 Å². The third-order valence-electron chi connectivity index (χ3n) is 3.25. The zero-order chi connectivity index (χ0) is 18.4. The highest BCUT2D eigenvalue weighted by Crippen LogP contribution is 2.20. The number of carbonyl (C=O) groups is 2. The average molecular weight is 370 g/mol. The SMILES string of the molecule is Cn1c(CCC(N)=O)nnc1SCC(=O)c1ccc(OC(F)F)cc1. The maximum absolute atomic E-state index is 12.2. The number of Topliss-reactive ketones (excluding diaryl/α,β-unsaturated/α-hetero) is 1. The first-order chi connectivity index (χ1) is 11.9. The van der Waals surface area contributed by atoms with Crippen molar-refractivity contribution < 1.29 is 23.1 Å². The second kappa shape index (κ2) is 8.56. The Morgan fingerprint density at radius 3 is 2.56 bits per heavy atom. The minimum Gasteiger partial charge on any atom is -0.435 e. The molecule has 1 heterocycles. The number of thioether (sulfide) groups is 1. The Kier molecular flexibility index (Phi) is 6.45. The number of alkyl halides is 2. The molecule has 0 spiro atoms. The minimum absolute atomic E-state index is 0.00778. The molecule has 0 saturated carbocycles. The van der Waals surface area contributed by atoms with Gasteiger partial charge in [0.05, 0.1) is 5.75 Å². The monoisotopic (exact) mass is 370 g/mol. The highest BCUT2D eigenvalue weighted by molar-refractivity contribution is 7.99. The van der Waals surface area contributed by atoms with Crippen molar-refractivity contribution in [1.29, 1.82) is 0 Å². The van der Waals surface area contributed by atoms with Crippen molar-refractivity contribution in [2.45, 2.75) is 24.6 Å². The molecule has 1 aromatic heterocycles. The molecule has 1 amide bonds. The summed E-state index contributed by atoms with van der Waals surface area (Å²) < 4.78 is 30.1. The van der Waals surface area contributed by atoms with Gasteiger partial charge in [-0.2, -0.15) is 8.78 Å². The minimum atomic E-state index is -2.91. The van der Waals surface area contributed by atoms with Gasteiger partial charge in [0, 0.05) is 25.5 Å². The molecule has 2 rings (SSSR count). The Morgan fingerprint density at radius 1 is 1.28 bits per heavy atom. The normalized spacial score (nSPS) is 10.9. The van der Waals surface area contributed by atoms with Gasteiger partial charge in [-0.1, -0.05) is 11.8 Å². The molecule has 0 radical (unpaired) electrons. The largest absolute Gasteiger partial charge is 0.435 e. The van der Waals surface area contributed by atoms with Crippen LogP contribution in [0, 0.1) is 0 Å². The Bertz CT molecular complexity index is 750. The number of aryl methyl sites for hydroxylation is 1. The third kappa shape index (κ3) is 5.52. The summed E-state index contributed by atoms with van der Waals surface area (Å²) in [5, 5.41) is 8.47. The average Bonchev–Trinajstić information content (AvgIpc) is 2.91. The fourth-order valence-corrected chi connectivity index (χ4v) is 2.78. The van der Waals surface area contributed by atoms with Gasteiger partial charge in [0.15, 0.2) is 10.9 Å². The van der Waals surface area contributed by atoms with E-state index in [1.165, 1.54) is 36.0 Å². The molecule has 0 aliphatic carbocycles. The van der Waals surface area contributed by atoms with Crippen LogP contribution in [0.2, 0.25) is 0 Å². The number of nitrogens with two attached hydrogens (primary N) is 1. The van der Waals surface area contributed by atoms with Crippen LogP contribution in [0.5, 0.6) is 5.75 Å². The summed E-state index contributed by atoms with van der Waals surface area (Å²) in [6.07, 6.45) is 0.543. The van der Waals surface area contributed by atoms with Gasteiger partial charge in [0.1, 0.15) is 11.6 Å². The number of aromatic nitrogens is 3. The van der Waals surface area contributed by atoms with Crippen molar-refractivity contribution in [3.8, 4) is 5.75 Å². The molecule has 10 heteroatoms. The lowest BCUT2D eigenvalue weighted by molar-refractivity contribution is -0.118. The molecule has 0 fully saturated rings. The number of nitrogens with zero attached hydrogens (tertiary/aromatic N) is 3. The number of hydrogen-bond acceptors (Lipinski definition) is 6. The number of carbonyl (C=O) groups excluding carboxylic acids is 2. The molecule has 0 aliphatic rings. The van der Waals surface area contributed by atoms with E-state index in [-0.39, 0.29) is 23.7 Å². The summed E-state index contributed by atoms with van der Waals surface area (Å²) in [4.78, 5) is 23.0. The van der Waals surface area contributed by atoms with Gasteiger partial charge in [0.25, 0.3) is 0 Å². The number of benzene rings is 1. The van der Waals surface area contributed by atoms with E-state index in [9.17, 15) is 18.4 Å². The predicted molar refractivity (Wildman–Crippen MR) is 86.6 cm³/mol. The number of ether oxygens (including phenoxy) is 1. The highest BCUT2D eigenvalue weighted by Gasteiger charge is 2.13. The number of halogens is 2. The van der Waals surface area contributed by atoms with Crippen LogP contribution in [-0.2, 0) is 18.3 Å². The molecule has 134 valence electrons.